The van der Waals surface area contributed by atoms with Crippen molar-refractivity contribution in [3.05, 3.63) is 132 Å². The Morgan fingerprint density at radius 2 is 1.36 bits per heavy atom. The van der Waals surface area contributed by atoms with Gasteiger partial charge in [0.15, 0.2) is 5.71 Å². The molecule has 0 aliphatic carbocycles. The van der Waals surface area contributed by atoms with E-state index in [0.29, 0.717) is 6.42 Å². The van der Waals surface area contributed by atoms with Gasteiger partial charge in [0.25, 0.3) is 0 Å². The zero-order valence-corrected chi connectivity index (χ0v) is 29.7. The number of nitrogens with zero attached hydrogens (tertiary/aromatic N) is 2. The number of allylic oxidation sites excluding steroid dienone is 8. The van der Waals surface area contributed by atoms with Crippen LogP contribution in [0, 0.1) is 0 Å². The highest BCUT2D eigenvalue weighted by Gasteiger charge is 2.44. The molecule has 4 nitrogen and oxygen atoms in total. The summed E-state index contributed by atoms with van der Waals surface area (Å²) in [6.45, 7) is 10.1. The van der Waals surface area contributed by atoms with Crippen LogP contribution >= 0.6 is 0 Å². The highest BCUT2D eigenvalue weighted by molar-refractivity contribution is 6.07. The van der Waals surface area contributed by atoms with Gasteiger partial charge in [-0.15, -0.1) is 0 Å². The molecule has 0 amide bonds. The summed E-state index contributed by atoms with van der Waals surface area (Å²) < 4.78 is 2.33. The van der Waals surface area contributed by atoms with Crippen LogP contribution in [0.2, 0.25) is 0 Å². The third-order valence-corrected chi connectivity index (χ3v) is 9.87. The van der Waals surface area contributed by atoms with Gasteiger partial charge in [-0.25, -0.2) is 0 Å². The highest BCUT2D eigenvalue weighted by atomic mass is 79.9. The van der Waals surface area contributed by atoms with Crippen LogP contribution in [-0.2, 0) is 15.6 Å². The Kier molecular flexibility index (Phi) is 10.1. The van der Waals surface area contributed by atoms with Gasteiger partial charge in [-0.05, 0) is 72.0 Å². The van der Waals surface area contributed by atoms with Gasteiger partial charge < -0.3 is 27.0 Å². The first kappa shape index (κ1) is 34.1. The van der Waals surface area contributed by atoms with Crippen LogP contribution in [0.1, 0.15) is 64.5 Å². The van der Waals surface area contributed by atoms with Gasteiger partial charge in [-0.1, -0.05) is 105 Å². The van der Waals surface area contributed by atoms with Crippen molar-refractivity contribution < 1.29 is 31.5 Å². The number of fused-ring (bicyclic) bond motifs is 6. The Morgan fingerprint density at radius 3 is 2.06 bits per heavy atom. The maximum atomic E-state index is 11.0. The molecule has 0 fully saturated rings. The van der Waals surface area contributed by atoms with Crippen LogP contribution in [-0.4, -0.2) is 35.0 Å². The number of aliphatic carboxylic acids is 1. The van der Waals surface area contributed by atoms with E-state index < -0.39 is 5.97 Å². The van der Waals surface area contributed by atoms with Gasteiger partial charge in [0.1, 0.15) is 7.05 Å². The molecule has 1 N–H and O–H groups in total. The number of carboxylic acid groups (broad SMARTS) is 1. The highest BCUT2D eigenvalue weighted by Crippen LogP contribution is 2.51. The molecule has 0 saturated heterocycles. The molecule has 2 aliphatic rings. The van der Waals surface area contributed by atoms with Gasteiger partial charge in [-0.3, -0.25) is 4.79 Å². The Labute approximate surface area is 289 Å². The predicted octanol–water partition coefficient (Wildman–Crippen LogP) is 7.00. The summed E-state index contributed by atoms with van der Waals surface area (Å²) in [5, 5.41) is 14.2. The van der Waals surface area contributed by atoms with Crippen LogP contribution < -0.4 is 21.9 Å². The zero-order chi connectivity index (χ0) is 32.5. The Balaban J connectivity index is 0.00000433. The lowest BCUT2D eigenvalue weighted by molar-refractivity contribution is -0.401. The molecule has 0 saturated carbocycles. The molecule has 0 atom stereocenters. The largest absolute Gasteiger partial charge is 1.00 e. The predicted molar refractivity (Wildman–Crippen MR) is 194 cm³/mol. The molecule has 0 radical (unpaired) electrons. The summed E-state index contributed by atoms with van der Waals surface area (Å²) in [6.07, 6.45) is 17.9. The quantitative estimate of drug-likeness (QED) is 0.111. The average molecular weight is 690 g/mol. The number of halogens is 1. The van der Waals surface area contributed by atoms with Crippen molar-refractivity contribution in [2.75, 3.05) is 18.5 Å². The second-order valence-corrected chi connectivity index (χ2v) is 13.6. The summed E-state index contributed by atoms with van der Waals surface area (Å²) in [5.74, 6) is -0.718. The second-order valence-electron chi connectivity index (χ2n) is 13.6. The first-order valence-electron chi connectivity index (χ1n) is 16.5. The van der Waals surface area contributed by atoms with Crippen molar-refractivity contribution in [2.45, 2.75) is 64.2 Å². The fourth-order valence-corrected chi connectivity index (χ4v) is 7.68. The molecule has 242 valence electrons. The summed E-state index contributed by atoms with van der Waals surface area (Å²) in [4.78, 5) is 13.5. The van der Waals surface area contributed by atoms with Gasteiger partial charge >= 0.3 is 5.97 Å². The van der Waals surface area contributed by atoms with Crippen molar-refractivity contribution in [2.24, 2.45) is 0 Å². The first-order valence-corrected chi connectivity index (χ1v) is 16.5. The molecule has 4 aromatic rings. The zero-order valence-electron chi connectivity index (χ0n) is 28.1. The number of carbonyl (C=O) groups is 1. The maximum Gasteiger partial charge on any atom is 0.303 e. The average Bonchev–Trinajstić information content (AvgIpc) is 3.38. The molecule has 0 bridgehead atoms. The lowest BCUT2D eigenvalue weighted by atomic mass is 9.79. The Morgan fingerprint density at radius 1 is 0.745 bits per heavy atom. The van der Waals surface area contributed by atoms with Crippen molar-refractivity contribution in [3.63, 3.8) is 0 Å². The monoisotopic (exact) mass is 688 g/mol. The van der Waals surface area contributed by atoms with Crippen LogP contribution in [0.15, 0.2) is 121 Å². The summed E-state index contributed by atoms with van der Waals surface area (Å²) in [6, 6.07) is 26.3. The van der Waals surface area contributed by atoms with Crippen molar-refractivity contribution >= 4 is 44.6 Å². The smallest absolute Gasteiger partial charge is 0.303 e. The maximum absolute atomic E-state index is 11.0. The summed E-state index contributed by atoms with van der Waals surface area (Å²) >= 11 is 0. The molecule has 0 aromatic heterocycles. The molecule has 4 aromatic carbocycles. The lowest BCUT2D eigenvalue weighted by Gasteiger charge is -2.27. The van der Waals surface area contributed by atoms with E-state index in [1.165, 1.54) is 55.5 Å². The van der Waals surface area contributed by atoms with Crippen molar-refractivity contribution in [1.29, 1.82) is 0 Å². The second kappa shape index (κ2) is 13.9. The molecule has 0 unspecified atom stereocenters. The summed E-state index contributed by atoms with van der Waals surface area (Å²) in [5.41, 5.74) is 7.58. The third kappa shape index (κ3) is 6.38. The van der Waals surface area contributed by atoms with E-state index in [2.05, 4.69) is 160 Å². The molecular weight excluding hydrogens is 644 g/mol. The number of unbranched alkanes of at least 4 members (excludes halogenated alkanes) is 2. The van der Waals surface area contributed by atoms with Crippen LogP contribution in [0.5, 0.6) is 0 Å². The number of anilines is 1. The molecule has 0 spiro atoms. The fourth-order valence-electron chi connectivity index (χ4n) is 7.68. The topological polar surface area (TPSA) is 43.5 Å². The van der Waals surface area contributed by atoms with Crippen LogP contribution in [0.3, 0.4) is 0 Å². The summed E-state index contributed by atoms with van der Waals surface area (Å²) in [7, 11) is 2.17. The van der Waals surface area contributed by atoms with Crippen LogP contribution in [0.25, 0.3) is 21.5 Å². The Bertz CT molecular complexity index is 1980. The van der Waals surface area contributed by atoms with Crippen LogP contribution in [0.4, 0.5) is 11.4 Å². The van der Waals surface area contributed by atoms with Gasteiger partial charge in [0.05, 0.1) is 5.41 Å². The normalized spacial score (nSPS) is 17.5. The molecule has 47 heavy (non-hydrogen) atoms. The van der Waals surface area contributed by atoms with Gasteiger partial charge in [0.2, 0.25) is 5.69 Å². The van der Waals surface area contributed by atoms with E-state index >= 15 is 0 Å². The number of rotatable bonds is 10. The third-order valence-electron chi connectivity index (χ3n) is 9.87. The van der Waals surface area contributed by atoms with Gasteiger partial charge in [0, 0.05) is 47.5 Å². The molecule has 2 heterocycles. The Hall–Kier alpha value is -4.22. The van der Waals surface area contributed by atoms with E-state index in [9.17, 15) is 4.79 Å². The number of benzene rings is 4. The molecular formula is C42H45BrN2O2. The SMILES string of the molecule is C[N+]1=C(C=CC=CC=CC=C2N(CCCCCC(=O)O)c3ccc4ccccc4c3C2(C)C)C(C)(C)c2c1ccc1ccccc21.[Br-]. The van der Waals surface area contributed by atoms with E-state index in [-0.39, 0.29) is 34.2 Å². The molecule has 6 rings (SSSR count). The number of hydrogen-bond acceptors (Lipinski definition) is 2. The number of hydrogen-bond donors (Lipinski definition) is 1. The molecule has 2 aliphatic heterocycles. The lowest BCUT2D eigenvalue weighted by Crippen LogP contribution is -3.00. The van der Waals surface area contributed by atoms with E-state index in [1.807, 2.05) is 0 Å². The van der Waals surface area contributed by atoms with E-state index in [4.69, 9.17) is 5.11 Å². The first-order chi connectivity index (χ1) is 22.1. The molecule has 5 heteroatoms. The minimum Gasteiger partial charge on any atom is -1.00 e. The minimum absolute atomic E-state index is 0. The minimum atomic E-state index is -0.718. The van der Waals surface area contributed by atoms with E-state index in [1.54, 1.807) is 0 Å². The van der Waals surface area contributed by atoms with E-state index in [0.717, 1.165) is 19.4 Å². The van der Waals surface area contributed by atoms with Crippen molar-refractivity contribution in [1.82, 2.24) is 0 Å². The number of carboxylic acids is 1. The van der Waals surface area contributed by atoms with Gasteiger partial charge in [-0.2, -0.15) is 4.58 Å². The fraction of sp³-hybridized carbons (Fsp3) is 0.286. The van der Waals surface area contributed by atoms with Crippen molar-refractivity contribution in [3.8, 4) is 0 Å². The standard InChI is InChI=1S/C42H44N2O2.BrH/c1-41(2)36(43(5)34-27-25-30-18-13-15-20-32(30)39(34)41)22-10-7-6-8-11-23-37-42(3,4)40-33-21-16-14-19-31(33)26-28-35(40)44(37)29-17-9-12-24-38(45)46;/h6-8,10-11,13-16,18-23,25-28H,9,12,17,24,29H2,1-5H3;1H.